The first-order valence-electron chi connectivity index (χ1n) is 9.30. The number of benzene rings is 2. The minimum Gasteiger partial charge on any atom is -0.366 e. The molecular weight excluding hydrogens is 354 g/mol. The second-order valence-electron chi connectivity index (χ2n) is 7.12. The number of rotatable bonds is 5. The van der Waals surface area contributed by atoms with E-state index in [1.54, 1.807) is 12.1 Å². The number of likely N-dealkylation sites (tertiary alicyclic amines) is 1. The van der Waals surface area contributed by atoms with Gasteiger partial charge < -0.3 is 15.2 Å². The van der Waals surface area contributed by atoms with Crippen molar-refractivity contribution in [3.05, 3.63) is 77.5 Å². The van der Waals surface area contributed by atoms with Crippen molar-refractivity contribution in [2.75, 3.05) is 13.1 Å². The lowest BCUT2D eigenvalue weighted by Gasteiger charge is -2.15. The van der Waals surface area contributed by atoms with Crippen LogP contribution in [0.25, 0.3) is 11.3 Å². The maximum absolute atomic E-state index is 12.8. The predicted molar refractivity (Wildman–Crippen MR) is 105 cm³/mol. The van der Waals surface area contributed by atoms with Gasteiger partial charge in [0.15, 0.2) is 11.5 Å². The second-order valence-corrected chi connectivity index (χ2v) is 7.12. The lowest BCUT2D eigenvalue weighted by molar-refractivity contribution is 0.0776. The molecule has 0 spiro atoms. The van der Waals surface area contributed by atoms with E-state index in [0.717, 1.165) is 24.0 Å². The molecule has 3 aromatic rings. The van der Waals surface area contributed by atoms with Crippen LogP contribution in [0.15, 0.2) is 65.2 Å². The summed E-state index contributed by atoms with van der Waals surface area (Å²) in [5.74, 6) is 0.389. The third-order valence-corrected chi connectivity index (χ3v) is 5.10. The minimum atomic E-state index is -0.426. The highest BCUT2D eigenvalue weighted by atomic mass is 16.5. The Balaban J connectivity index is 1.40. The fourth-order valence-corrected chi connectivity index (χ4v) is 3.65. The summed E-state index contributed by atoms with van der Waals surface area (Å²) in [4.78, 5) is 25.9. The average Bonchev–Trinajstić information content (AvgIpc) is 3.38. The van der Waals surface area contributed by atoms with Crippen LogP contribution in [-0.2, 0) is 6.42 Å². The summed E-state index contributed by atoms with van der Waals surface area (Å²) in [6, 6.07) is 18.7. The van der Waals surface area contributed by atoms with E-state index < -0.39 is 5.91 Å². The molecule has 0 unspecified atom stereocenters. The molecule has 2 aromatic carbocycles. The van der Waals surface area contributed by atoms with Gasteiger partial charge in [0.25, 0.3) is 5.91 Å². The number of primary amides is 1. The molecule has 0 aliphatic carbocycles. The molecule has 0 saturated carbocycles. The SMILES string of the molecule is NC(=O)c1cccc(C[C@@H]2CCN(C(=O)c3cc(-c4ccccc4)on3)C2)c1. The van der Waals surface area contributed by atoms with Crippen molar-refractivity contribution >= 4 is 11.8 Å². The van der Waals surface area contributed by atoms with Gasteiger partial charge in [0.05, 0.1) is 0 Å². The summed E-state index contributed by atoms with van der Waals surface area (Å²) in [5, 5.41) is 3.96. The monoisotopic (exact) mass is 375 g/mol. The number of hydrogen-bond acceptors (Lipinski definition) is 4. The number of nitrogens with two attached hydrogens (primary N) is 1. The minimum absolute atomic E-state index is 0.112. The summed E-state index contributed by atoms with van der Waals surface area (Å²) < 4.78 is 5.35. The molecule has 0 bridgehead atoms. The Morgan fingerprint density at radius 3 is 2.71 bits per heavy atom. The summed E-state index contributed by atoms with van der Waals surface area (Å²) in [6.07, 6.45) is 1.72. The zero-order valence-corrected chi connectivity index (χ0v) is 15.4. The number of aromatic nitrogens is 1. The van der Waals surface area contributed by atoms with Gasteiger partial charge in [-0.1, -0.05) is 47.6 Å². The van der Waals surface area contributed by atoms with E-state index in [2.05, 4.69) is 5.16 Å². The van der Waals surface area contributed by atoms with Crippen molar-refractivity contribution in [2.24, 2.45) is 11.7 Å². The van der Waals surface area contributed by atoms with E-state index in [4.69, 9.17) is 10.3 Å². The molecule has 1 aliphatic rings. The fraction of sp³-hybridized carbons (Fsp3) is 0.227. The van der Waals surface area contributed by atoms with Crippen LogP contribution in [0.5, 0.6) is 0 Å². The van der Waals surface area contributed by atoms with Gasteiger partial charge >= 0.3 is 0 Å². The highest BCUT2D eigenvalue weighted by Gasteiger charge is 2.29. The Bertz CT molecular complexity index is 997. The smallest absolute Gasteiger partial charge is 0.276 e. The number of carbonyl (C=O) groups is 2. The molecule has 142 valence electrons. The Kier molecular flexibility index (Phi) is 4.93. The summed E-state index contributed by atoms with van der Waals surface area (Å²) in [6.45, 7) is 1.35. The van der Waals surface area contributed by atoms with Crippen LogP contribution in [0.2, 0.25) is 0 Å². The molecule has 1 aromatic heterocycles. The molecule has 4 rings (SSSR count). The molecule has 2 amide bonds. The molecule has 1 atom stereocenters. The van der Waals surface area contributed by atoms with Crippen LogP contribution in [0.4, 0.5) is 0 Å². The first-order valence-corrected chi connectivity index (χ1v) is 9.30. The zero-order valence-electron chi connectivity index (χ0n) is 15.4. The van der Waals surface area contributed by atoms with Crippen molar-refractivity contribution in [1.29, 1.82) is 0 Å². The fourth-order valence-electron chi connectivity index (χ4n) is 3.65. The molecule has 1 fully saturated rings. The molecule has 1 aliphatic heterocycles. The second kappa shape index (κ2) is 7.68. The maximum atomic E-state index is 12.8. The van der Waals surface area contributed by atoms with Crippen molar-refractivity contribution < 1.29 is 14.1 Å². The first kappa shape index (κ1) is 18.0. The van der Waals surface area contributed by atoms with Crippen LogP contribution in [0.3, 0.4) is 0 Å². The van der Waals surface area contributed by atoms with Gasteiger partial charge in [-0.25, -0.2) is 0 Å². The van der Waals surface area contributed by atoms with Gasteiger partial charge in [0, 0.05) is 30.3 Å². The van der Waals surface area contributed by atoms with Crippen LogP contribution in [0, 0.1) is 5.92 Å². The first-order chi connectivity index (χ1) is 13.6. The van der Waals surface area contributed by atoms with E-state index in [1.165, 1.54) is 0 Å². The molecule has 0 radical (unpaired) electrons. The number of amides is 2. The largest absolute Gasteiger partial charge is 0.366 e. The summed E-state index contributed by atoms with van der Waals surface area (Å²) in [7, 11) is 0. The molecule has 6 heteroatoms. The normalized spacial score (nSPS) is 16.3. The molecule has 6 nitrogen and oxygen atoms in total. The van der Waals surface area contributed by atoms with Crippen molar-refractivity contribution in [3.8, 4) is 11.3 Å². The van der Waals surface area contributed by atoms with Crippen LogP contribution in [0.1, 0.15) is 32.8 Å². The van der Waals surface area contributed by atoms with E-state index in [-0.39, 0.29) is 5.91 Å². The lowest BCUT2D eigenvalue weighted by atomic mass is 9.97. The molecular formula is C22H21N3O3. The molecule has 2 heterocycles. The Morgan fingerprint density at radius 2 is 1.93 bits per heavy atom. The highest BCUT2D eigenvalue weighted by Crippen LogP contribution is 2.25. The van der Waals surface area contributed by atoms with Gasteiger partial charge in [-0.3, -0.25) is 9.59 Å². The number of carbonyl (C=O) groups excluding carboxylic acids is 2. The Labute approximate surface area is 162 Å². The zero-order chi connectivity index (χ0) is 19.5. The van der Waals surface area contributed by atoms with Crippen LogP contribution in [-0.4, -0.2) is 35.0 Å². The molecule has 1 saturated heterocycles. The van der Waals surface area contributed by atoms with Gasteiger partial charge in [-0.05, 0) is 36.5 Å². The molecule has 28 heavy (non-hydrogen) atoms. The van der Waals surface area contributed by atoms with Gasteiger partial charge in [-0.2, -0.15) is 0 Å². The highest BCUT2D eigenvalue weighted by molar-refractivity contribution is 5.93. The lowest BCUT2D eigenvalue weighted by Crippen LogP contribution is -2.29. The average molecular weight is 375 g/mol. The Morgan fingerprint density at radius 1 is 1.11 bits per heavy atom. The quantitative estimate of drug-likeness (QED) is 0.742. The standard InChI is InChI=1S/C22H21N3O3/c23-21(26)18-8-4-5-15(12-18)11-16-9-10-25(14-16)22(27)19-13-20(28-24-19)17-6-2-1-3-7-17/h1-8,12-13,16H,9-11,14H2,(H2,23,26)/t16-/m0/s1. The van der Waals surface area contributed by atoms with Gasteiger partial charge in [0.2, 0.25) is 5.91 Å². The van der Waals surface area contributed by atoms with Gasteiger partial charge in [-0.15, -0.1) is 0 Å². The number of hydrogen-bond donors (Lipinski definition) is 1. The molecule has 2 N–H and O–H groups in total. The predicted octanol–water partition coefficient (Wildman–Crippen LogP) is 3.15. The summed E-state index contributed by atoms with van der Waals surface area (Å²) >= 11 is 0. The third kappa shape index (κ3) is 3.81. The van der Waals surface area contributed by atoms with Gasteiger partial charge in [0.1, 0.15) is 0 Å². The van der Waals surface area contributed by atoms with E-state index >= 15 is 0 Å². The van der Waals surface area contributed by atoms with Crippen molar-refractivity contribution in [1.82, 2.24) is 10.1 Å². The van der Waals surface area contributed by atoms with E-state index in [9.17, 15) is 9.59 Å². The Hall–Kier alpha value is -3.41. The summed E-state index contributed by atoms with van der Waals surface area (Å²) in [5.41, 5.74) is 8.15. The van der Waals surface area contributed by atoms with Crippen LogP contribution >= 0.6 is 0 Å². The maximum Gasteiger partial charge on any atom is 0.276 e. The van der Waals surface area contributed by atoms with E-state index in [0.29, 0.717) is 36.0 Å². The van der Waals surface area contributed by atoms with Crippen molar-refractivity contribution in [3.63, 3.8) is 0 Å². The van der Waals surface area contributed by atoms with Crippen LogP contribution < -0.4 is 5.73 Å². The topological polar surface area (TPSA) is 89.4 Å². The van der Waals surface area contributed by atoms with Crippen molar-refractivity contribution in [2.45, 2.75) is 12.8 Å². The third-order valence-electron chi connectivity index (χ3n) is 5.10. The van der Waals surface area contributed by atoms with E-state index in [1.807, 2.05) is 53.4 Å². The number of nitrogens with zero attached hydrogens (tertiary/aromatic N) is 2.